The van der Waals surface area contributed by atoms with Crippen LogP contribution in [0.2, 0.25) is 0 Å². The van der Waals surface area contributed by atoms with Crippen LogP contribution in [0.5, 0.6) is 0 Å². The average molecular weight is 252 g/mol. The summed E-state index contributed by atoms with van der Waals surface area (Å²) in [6.45, 7) is 12.5. The molecule has 1 aliphatic rings. The van der Waals surface area contributed by atoms with Crippen molar-refractivity contribution in [2.24, 2.45) is 5.92 Å². The molecule has 0 N–H and O–H groups in total. The van der Waals surface area contributed by atoms with E-state index in [1.54, 1.807) is 0 Å². The number of anilines is 1. The minimum Gasteiger partial charge on any atom is -0.359 e. The smallest absolute Gasteiger partial charge is 0.0711 e. The maximum absolute atomic E-state index is 3.90. The summed E-state index contributed by atoms with van der Waals surface area (Å²) in [5.74, 6) is 0.533. The Kier molecular flexibility index (Phi) is 4.62. The molecule has 0 saturated heterocycles. The maximum atomic E-state index is 3.90. The van der Waals surface area contributed by atoms with Crippen molar-refractivity contribution >= 4 is 5.69 Å². The molecule has 2 rings (SSSR count). The van der Waals surface area contributed by atoms with E-state index >= 15 is 0 Å². The van der Waals surface area contributed by atoms with Crippen molar-refractivity contribution in [2.75, 3.05) is 11.4 Å². The molecule has 1 unspecified atom stereocenters. The SMILES string of the molecule is C=CC[C]1C(CC=C)Cc2ccccc2N1CC=C. The molecule has 1 heteroatoms. The Balaban J connectivity index is 2.39. The molecule has 0 fully saturated rings. The lowest BCUT2D eigenvalue weighted by Gasteiger charge is -2.42. The first-order valence-corrected chi connectivity index (χ1v) is 6.85. The molecule has 0 spiro atoms. The molecule has 1 aromatic rings. The lowest BCUT2D eigenvalue weighted by molar-refractivity contribution is 0.485. The number of para-hydroxylation sites is 1. The van der Waals surface area contributed by atoms with Crippen LogP contribution in [0.15, 0.2) is 62.2 Å². The van der Waals surface area contributed by atoms with Gasteiger partial charge in [0.2, 0.25) is 0 Å². The van der Waals surface area contributed by atoms with Gasteiger partial charge in [0.05, 0.1) is 6.04 Å². The van der Waals surface area contributed by atoms with Gasteiger partial charge in [0.1, 0.15) is 0 Å². The summed E-state index contributed by atoms with van der Waals surface area (Å²) in [6, 6.07) is 10.1. The topological polar surface area (TPSA) is 3.24 Å². The van der Waals surface area contributed by atoms with E-state index in [9.17, 15) is 0 Å². The van der Waals surface area contributed by atoms with Crippen LogP contribution < -0.4 is 4.90 Å². The zero-order chi connectivity index (χ0) is 13.7. The van der Waals surface area contributed by atoms with Crippen molar-refractivity contribution in [3.63, 3.8) is 0 Å². The van der Waals surface area contributed by atoms with E-state index < -0.39 is 0 Å². The summed E-state index contributed by atoms with van der Waals surface area (Å²) in [7, 11) is 0. The summed E-state index contributed by atoms with van der Waals surface area (Å²) >= 11 is 0. The van der Waals surface area contributed by atoms with Crippen molar-refractivity contribution in [2.45, 2.75) is 19.3 Å². The number of hydrogen-bond acceptors (Lipinski definition) is 1. The standard InChI is InChI=1S/C18H22N/c1-4-9-15-14-16-11-7-8-12-18(16)19(13-6-3)17(15)10-5-2/h4-8,11-12,15H,1-3,9-10,13-14H2. The Morgan fingerprint density at radius 3 is 2.58 bits per heavy atom. The number of nitrogens with zero attached hydrogens (tertiary/aromatic N) is 1. The van der Waals surface area contributed by atoms with Crippen LogP contribution in [-0.4, -0.2) is 6.54 Å². The highest BCUT2D eigenvalue weighted by Crippen LogP contribution is 2.41. The average Bonchev–Trinajstić information content (AvgIpc) is 2.43. The molecule has 99 valence electrons. The van der Waals surface area contributed by atoms with Crippen molar-refractivity contribution in [1.29, 1.82) is 0 Å². The van der Waals surface area contributed by atoms with Crippen LogP contribution in [0.25, 0.3) is 0 Å². The van der Waals surface area contributed by atoms with Crippen molar-refractivity contribution in [3.8, 4) is 0 Å². The van der Waals surface area contributed by atoms with E-state index in [1.807, 2.05) is 18.2 Å². The Morgan fingerprint density at radius 1 is 1.11 bits per heavy atom. The normalized spacial score (nSPS) is 18.7. The second-order valence-electron chi connectivity index (χ2n) is 4.94. The molecule has 0 amide bonds. The number of fused-ring (bicyclic) bond motifs is 1. The van der Waals surface area contributed by atoms with Gasteiger partial charge in [0.15, 0.2) is 0 Å². The molecule has 1 aliphatic heterocycles. The number of rotatable bonds is 6. The highest BCUT2D eigenvalue weighted by molar-refractivity contribution is 5.60. The summed E-state index contributed by atoms with van der Waals surface area (Å²) in [4.78, 5) is 2.39. The third-order valence-electron chi connectivity index (χ3n) is 3.68. The molecule has 0 saturated carbocycles. The fourth-order valence-electron chi connectivity index (χ4n) is 2.90. The van der Waals surface area contributed by atoms with Gasteiger partial charge >= 0.3 is 0 Å². The second kappa shape index (κ2) is 6.42. The van der Waals surface area contributed by atoms with Gasteiger partial charge in [0.25, 0.3) is 0 Å². The van der Waals surface area contributed by atoms with E-state index in [4.69, 9.17) is 0 Å². The Morgan fingerprint density at radius 2 is 1.89 bits per heavy atom. The van der Waals surface area contributed by atoms with Crippen LogP contribution >= 0.6 is 0 Å². The Bertz CT molecular complexity index is 461. The van der Waals surface area contributed by atoms with Crippen LogP contribution in [0.4, 0.5) is 5.69 Å². The van der Waals surface area contributed by atoms with E-state index in [0.29, 0.717) is 5.92 Å². The quantitative estimate of drug-likeness (QED) is 0.672. The largest absolute Gasteiger partial charge is 0.359 e. The third kappa shape index (κ3) is 2.81. The molecule has 1 nitrogen and oxygen atoms in total. The molecule has 0 bridgehead atoms. The number of benzene rings is 1. The van der Waals surface area contributed by atoms with Gasteiger partial charge in [-0.1, -0.05) is 36.4 Å². The predicted molar refractivity (Wildman–Crippen MR) is 84.1 cm³/mol. The van der Waals surface area contributed by atoms with Gasteiger partial charge in [-0.3, -0.25) is 0 Å². The first-order valence-electron chi connectivity index (χ1n) is 6.85. The highest BCUT2D eigenvalue weighted by Gasteiger charge is 2.32. The van der Waals surface area contributed by atoms with Gasteiger partial charge in [-0.15, -0.1) is 19.7 Å². The number of allylic oxidation sites excluding steroid dienone is 1. The van der Waals surface area contributed by atoms with Crippen LogP contribution in [-0.2, 0) is 6.42 Å². The minimum atomic E-state index is 0.533. The molecule has 0 aliphatic carbocycles. The van der Waals surface area contributed by atoms with Crippen LogP contribution in [0, 0.1) is 12.0 Å². The van der Waals surface area contributed by atoms with E-state index in [0.717, 1.165) is 25.8 Å². The molecular formula is C18H22N. The van der Waals surface area contributed by atoms with Gasteiger partial charge in [-0.05, 0) is 36.8 Å². The lowest BCUT2D eigenvalue weighted by atomic mass is 9.82. The van der Waals surface area contributed by atoms with Gasteiger partial charge in [-0.25, -0.2) is 0 Å². The monoisotopic (exact) mass is 252 g/mol. The summed E-state index contributed by atoms with van der Waals surface area (Å²) in [5.41, 5.74) is 2.74. The van der Waals surface area contributed by atoms with E-state index in [2.05, 4.69) is 48.9 Å². The zero-order valence-electron chi connectivity index (χ0n) is 11.5. The van der Waals surface area contributed by atoms with E-state index in [1.165, 1.54) is 17.3 Å². The highest BCUT2D eigenvalue weighted by atomic mass is 15.2. The molecule has 1 atom stereocenters. The maximum Gasteiger partial charge on any atom is 0.0711 e. The lowest BCUT2D eigenvalue weighted by Crippen LogP contribution is -2.39. The minimum absolute atomic E-state index is 0.533. The molecule has 0 aromatic heterocycles. The van der Waals surface area contributed by atoms with Gasteiger partial charge < -0.3 is 4.90 Å². The molecule has 1 aromatic carbocycles. The van der Waals surface area contributed by atoms with Crippen LogP contribution in [0.1, 0.15) is 18.4 Å². The fourth-order valence-corrected chi connectivity index (χ4v) is 2.90. The molecule has 1 heterocycles. The van der Waals surface area contributed by atoms with E-state index in [-0.39, 0.29) is 0 Å². The third-order valence-corrected chi connectivity index (χ3v) is 3.68. The zero-order valence-corrected chi connectivity index (χ0v) is 11.5. The summed E-state index contributed by atoms with van der Waals surface area (Å²) < 4.78 is 0. The van der Waals surface area contributed by atoms with Gasteiger partial charge in [-0.2, -0.15) is 0 Å². The van der Waals surface area contributed by atoms with Crippen molar-refractivity contribution < 1.29 is 0 Å². The Hall–Kier alpha value is -1.76. The first kappa shape index (κ1) is 13.7. The Labute approximate surface area is 116 Å². The number of hydrogen-bond donors (Lipinski definition) is 0. The van der Waals surface area contributed by atoms with Gasteiger partial charge in [0, 0.05) is 12.2 Å². The molecule has 1 radical (unpaired) electrons. The molecule has 19 heavy (non-hydrogen) atoms. The first-order chi connectivity index (χ1) is 9.31. The van der Waals surface area contributed by atoms with Crippen LogP contribution in [0.3, 0.4) is 0 Å². The summed E-state index contributed by atoms with van der Waals surface area (Å²) in [5, 5.41) is 0. The summed E-state index contributed by atoms with van der Waals surface area (Å²) in [6.07, 6.45) is 9.03. The molecular weight excluding hydrogens is 230 g/mol. The second-order valence-corrected chi connectivity index (χ2v) is 4.94. The fraction of sp³-hybridized carbons (Fsp3) is 0.278. The predicted octanol–water partition coefficient (Wildman–Crippen LogP) is 4.54. The van der Waals surface area contributed by atoms with Crippen molar-refractivity contribution in [1.82, 2.24) is 0 Å². The van der Waals surface area contributed by atoms with Crippen molar-refractivity contribution in [3.05, 3.63) is 73.8 Å².